The minimum absolute atomic E-state index is 0.240. The molecule has 13 aromatic rings. The first-order valence-corrected chi connectivity index (χ1v) is 33.4. The van der Waals surface area contributed by atoms with Crippen LogP contribution in [-0.2, 0) is 6.42 Å². The summed E-state index contributed by atoms with van der Waals surface area (Å²) in [7, 11) is 0. The Morgan fingerprint density at radius 2 is 0.573 bits per heavy atom. The summed E-state index contributed by atoms with van der Waals surface area (Å²) in [6.45, 7) is 8.72. The Morgan fingerprint density at radius 1 is 0.281 bits per heavy atom. The van der Waals surface area contributed by atoms with Gasteiger partial charge in [-0.25, -0.2) is 0 Å². The van der Waals surface area contributed by atoms with Gasteiger partial charge in [0.15, 0.2) is 0 Å². The van der Waals surface area contributed by atoms with Crippen LogP contribution in [0.1, 0.15) is 44.9 Å². The first-order valence-electron chi connectivity index (χ1n) is 33.4. The van der Waals surface area contributed by atoms with E-state index in [9.17, 15) is 0 Å². The molecule has 16 rings (SSSR count). The summed E-state index contributed by atoms with van der Waals surface area (Å²) >= 11 is 0. The summed E-state index contributed by atoms with van der Waals surface area (Å²) in [5.41, 5.74) is 33.5. The maximum Gasteiger partial charge on any atom is 0.0558 e. The van der Waals surface area contributed by atoms with Gasteiger partial charge < -0.3 is 19.6 Å². The molecule has 460 valence electrons. The fourth-order valence-electron chi connectivity index (χ4n) is 14.3. The SMILES string of the molecule is Cc1ccc(N(C2=CC(N(c3ccc(C)cc3)c3ccc(-c4ccccc4)cc3)=C3C=Cc4c(N(c5ccc(C)cc5)c5ccc(-c6ccccc6)cc5)cc(N(c5ccc(C)cc5)c5ccc(-c6ccccc6)cc5)c5c4C3C2=CC5)c2ccc(-c3ccccc3)cc2)cc1. The summed E-state index contributed by atoms with van der Waals surface area (Å²) in [6.07, 6.45) is 10.6. The van der Waals surface area contributed by atoms with Gasteiger partial charge in [-0.2, -0.15) is 0 Å². The third-order valence-corrected chi connectivity index (χ3v) is 19.3. The number of nitrogens with zero attached hydrogens (tertiary/aromatic N) is 4. The van der Waals surface area contributed by atoms with Gasteiger partial charge in [0, 0.05) is 57.0 Å². The van der Waals surface area contributed by atoms with Crippen molar-refractivity contribution in [3.05, 3.63) is 401 Å². The third kappa shape index (κ3) is 11.3. The lowest BCUT2D eigenvalue weighted by Crippen LogP contribution is -2.32. The highest BCUT2D eigenvalue weighted by atomic mass is 15.2. The Balaban J connectivity index is 0.993. The van der Waals surface area contributed by atoms with Gasteiger partial charge in [0.2, 0.25) is 0 Å². The first-order chi connectivity index (χ1) is 47.2. The van der Waals surface area contributed by atoms with Crippen LogP contribution in [0.25, 0.3) is 50.6 Å². The van der Waals surface area contributed by atoms with Crippen LogP contribution >= 0.6 is 0 Å². The minimum atomic E-state index is -0.240. The van der Waals surface area contributed by atoms with E-state index >= 15 is 0 Å². The van der Waals surface area contributed by atoms with E-state index in [1.807, 2.05) is 0 Å². The molecule has 0 spiro atoms. The van der Waals surface area contributed by atoms with Gasteiger partial charge in [-0.05, 0) is 210 Å². The van der Waals surface area contributed by atoms with Crippen LogP contribution in [0.2, 0.25) is 0 Å². The van der Waals surface area contributed by atoms with Crippen LogP contribution in [-0.4, -0.2) is 0 Å². The fraction of sp³-hybridized carbons (Fsp3) is 0.0652. The predicted octanol–water partition coefficient (Wildman–Crippen LogP) is 24.9. The minimum Gasteiger partial charge on any atom is -0.310 e. The Bertz CT molecular complexity index is 5070. The number of hydrogen-bond acceptors (Lipinski definition) is 4. The molecule has 0 bridgehead atoms. The van der Waals surface area contributed by atoms with Crippen molar-refractivity contribution in [2.75, 3.05) is 19.6 Å². The van der Waals surface area contributed by atoms with Crippen LogP contribution in [0.15, 0.2) is 362 Å². The normalized spacial score (nSPS) is 13.5. The van der Waals surface area contributed by atoms with E-state index in [1.54, 1.807) is 0 Å². The van der Waals surface area contributed by atoms with Gasteiger partial charge in [0.25, 0.3) is 0 Å². The van der Waals surface area contributed by atoms with E-state index in [0.717, 1.165) is 68.3 Å². The molecule has 0 heterocycles. The molecule has 3 aliphatic carbocycles. The largest absolute Gasteiger partial charge is 0.310 e. The smallest absolute Gasteiger partial charge is 0.0558 e. The molecule has 0 aromatic heterocycles. The topological polar surface area (TPSA) is 13.0 Å². The maximum absolute atomic E-state index is 2.57. The zero-order valence-corrected chi connectivity index (χ0v) is 54.5. The molecule has 13 aromatic carbocycles. The lowest BCUT2D eigenvalue weighted by molar-refractivity contribution is 0.840. The molecule has 0 aliphatic heterocycles. The molecule has 0 saturated carbocycles. The zero-order chi connectivity index (χ0) is 64.6. The van der Waals surface area contributed by atoms with E-state index in [1.165, 1.54) is 94.6 Å². The van der Waals surface area contributed by atoms with E-state index in [4.69, 9.17) is 0 Å². The molecule has 3 aliphatic rings. The molecule has 0 N–H and O–H groups in total. The monoisotopic (exact) mass is 1230 g/mol. The van der Waals surface area contributed by atoms with Crippen molar-refractivity contribution >= 4 is 62.9 Å². The van der Waals surface area contributed by atoms with Gasteiger partial charge >= 0.3 is 0 Å². The van der Waals surface area contributed by atoms with Crippen LogP contribution in [0.4, 0.5) is 56.9 Å². The molecule has 4 heteroatoms. The third-order valence-electron chi connectivity index (χ3n) is 19.3. The highest BCUT2D eigenvalue weighted by Gasteiger charge is 2.43. The molecular formula is C92H72N4. The summed E-state index contributed by atoms with van der Waals surface area (Å²) in [4.78, 5) is 10.1. The molecule has 0 saturated heterocycles. The maximum atomic E-state index is 2.57. The van der Waals surface area contributed by atoms with Crippen LogP contribution in [0, 0.1) is 27.7 Å². The fourth-order valence-corrected chi connectivity index (χ4v) is 14.3. The number of hydrogen-bond donors (Lipinski definition) is 0. The standard InChI is InChI=1S/C92H72N4/c1-63-25-41-75(42-26-63)93(79-49-33-71(34-50-79)67-17-9-5-10-18-67)87-61-88(94(76-43-27-64(2)28-44-76)80-51-35-72(36-52-80)68-19-11-6-12-20-68)84-59-60-86-90(96(78-47-31-66(4)32-48-78)82-55-39-74(40-56-82)70-23-15-8-16-24-70)62-89(85-58-57-83(87)91(84)92(85)86)95(77-45-29-65(3)30-46-77)81-53-37-73(38-54-81)69-21-13-7-14-22-69/h5-59,61-62,91H,60H2,1-4H3. The Kier molecular flexibility index (Phi) is 15.7. The molecule has 1 unspecified atom stereocenters. The van der Waals surface area contributed by atoms with Gasteiger partial charge in [-0.1, -0.05) is 259 Å². The van der Waals surface area contributed by atoms with Crippen molar-refractivity contribution in [3.8, 4) is 44.5 Å². The van der Waals surface area contributed by atoms with Crippen molar-refractivity contribution < 1.29 is 0 Å². The number of benzene rings is 13. The molecule has 0 amide bonds. The van der Waals surface area contributed by atoms with Crippen molar-refractivity contribution in [2.24, 2.45) is 0 Å². The Hall–Kier alpha value is -12.0. The molecule has 96 heavy (non-hydrogen) atoms. The Morgan fingerprint density at radius 3 is 0.917 bits per heavy atom. The van der Waals surface area contributed by atoms with Crippen molar-refractivity contribution in [1.82, 2.24) is 0 Å². The van der Waals surface area contributed by atoms with Gasteiger partial charge in [-0.3, -0.25) is 0 Å². The van der Waals surface area contributed by atoms with Gasteiger partial charge in [0.05, 0.1) is 22.8 Å². The summed E-state index contributed by atoms with van der Waals surface area (Å²) in [6, 6.07) is 118. The summed E-state index contributed by atoms with van der Waals surface area (Å²) < 4.78 is 0. The van der Waals surface area contributed by atoms with E-state index in [-0.39, 0.29) is 5.92 Å². The van der Waals surface area contributed by atoms with Crippen molar-refractivity contribution in [3.63, 3.8) is 0 Å². The zero-order valence-electron chi connectivity index (χ0n) is 54.5. The van der Waals surface area contributed by atoms with E-state index < -0.39 is 0 Å². The number of allylic oxidation sites excluding steroid dienone is 5. The van der Waals surface area contributed by atoms with Gasteiger partial charge in [0.1, 0.15) is 0 Å². The van der Waals surface area contributed by atoms with Crippen LogP contribution < -0.4 is 19.6 Å². The average Bonchev–Trinajstić information content (AvgIpc) is 0.702. The highest BCUT2D eigenvalue weighted by Crippen LogP contribution is 2.59. The van der Waals surface area contributed by atoms with E-state index in [2.05, 4.69) is 393 Å². The van der Waals surface area contributed by atoms with E-state index in [0.29, 0.717) is 6.42 Å². The lowest BCUT2D eigenvalue weighted by Gasteiger charge is -2.45. The Labute approximate surface area is 564 Å². The second-order valence-corrected chi connectivity index (χ2v) is 25.6. The second-order valence-electron chi connectivity index (χ2n) is 25.6. The van der Waals surface area contributed by atoms with Crippen LogP contribution in [0.5, 0.6) is 0 Å². The molecule has 0 fully saturated rings. The van der Waals surface area contributed by atoms with Gasteiger partial charge in [-0.15, -0.1) is 0 Å². The van der Waals surface area contributed by atoms with Crippen LogP contribution in [0.3, 0.4) is 0 Å². The first kappa shape index (κ1) is 59.1. The average molecular weight is 1230 g/mol. The molecule has 0 radical (unpaired) electrons. The van der Waals surface area contributed by atoms with Crippen molar-refractivity contribution in [2.45, 2.75) is 40.0 Å². The quantitative estimate of drug-likeness (QED) is 0.0956. The lowest BCUT2D eigenvalue weighted by atomic mass is 9.68. The molecule has 1 atom stereocenters. The predicted molar refractivity (Wildman–Crippen MR) is 405 cm³/mol. The highest BCUT2D eigenvalue weighted by molar-refractivity contribution is 5.96. The molecular weight excluding hydrogens is 1160 g/mol. The number of rotatable bonds is 16. The second kappa shape index (κ2) is 25.5. The van der Waals surface area contributed by atoms with Crippen molar-refractivity contribution in [1.29, 1.82) is 0 Å². The summed E-state index contributed by atoms with van der Waals surface area (Å²) in [5, 5.41) is 0. The number of aryl methyl sites for hydroxylation is 4. The number of anilines is 10. The molecule has 4 nitrogen and oxygen atoms in total. The summed E-state index contributed by atoms with van der Waals surface area (Å²) in [5.74, 6) is -0.240.